The molecule has 108 valence electrons. The smallest absolute Gasteiger partial charge is 0.266 e. The maximum Gasteiger partial charge on any atom is 0.266 e. The Morgan fingerprint density at radius 1 is 1.45 bits per heavy atom. The number of hydrogen-bond donors (Lipinski definition) is 1. The standard InChI is InChI=1S/C15H20N2O2S/c1-4-17(10(2)9-19-3)15(18)14-13(16)11-7-5-6-8-12(11)20-14/h5-8,10H,4,9,16H2,1-3H3. The van der Waals surface area contributed by atoms with E-state index >= 15 is 0 Å². The third-order valence-corrected chi connectivity index (χ3v) is 4.54. The normalized spacial score (nSPS) is 12.6. The topological polar surface area (TPSA) is 55.6 Å². The minimum absolute atomic E-state index is 0.0178. The van der Waals surface area contributed by atoms with Crippen LogP contribution in [0.3, 0.4) is 0 Å². The average Bonchev–Trinajstić information content (AvgIpc) is 2.78. The Bertz CT molecular complexity index is 609. The van der Waals surface area contributed by atoms with Crippen molar-refractivity contribution in [1.29, 1.82) is 0 Å². The van der Waals surface area contributed by atoms with Gasteiger partial charge in [0.2, 0.25) is 0 Å². The van der Waals surface area contributed by atoms with E-state index in [-0.39, 0.29) is 11.9 Å². The van der Waals surface area contributed by atoms with E-state index in [2.05, 4.69) is 0 Å². The molecule has 0 aliphatic carbocycles. The summed E-state index contributed by atoms with van der Waals surface area (Å²) < 4.78 is 6.19. The van der Waals surface area contributed by atoms with Crippen LogP contribution in [0.4, 0.5) is 5.69 Å². The molecule has 20 heavy (non-hydrogen) atoms. The number of ether oxygens (including phenoxy) is 1. The molecule has 0 bridgehead atoms. The van der Waals surface area contributed by atoms with Crippen LogP contribution >= 0.6 is 11.3 Å². The van der Waals surface area contributed by atoms with Gasteiger partial charge in [0.05, 0.1) is 18.3 Å². The number of nitrogens with zero attached hydrogens (tertiary/aromatic N) is 1. The number of methoxy groups -OCH3 is 1. The third-order valence-electron chi connectivity index (χ3n) is 3.37. The molecule has 4 nitrogen and oxygen atoms in total. The number of anilines is 1. The molecule has 1 unspecified atom stereocenters. The number of hydrogen-bond acceptors (Lipinski definition) is 4. The Labute approximate surface area is 123 Å². The van der Waals surface area contributed by atoms with E-state index in [1.165, 1.54) is 11.3 Å². The van der Waals surface area contributed by atoms with Gasteiger partial charge in [0, 0.05) is 23.7 Å². The fourth-order valence-corrected chi connectivity index (χ4v) is 3.42. The molecule has 0 aliphatic rings. The van der Waals surface area contributed by atoms with E-state index in [1.54, 1.807) is 12.0 Å². The Balaban J connectivity index is 2.37. The van der Waals surface area contributed by atoms with Crippen molar-refractivity contribution in [3.05, 3.63) is 29.1 Å². The summed E-state index contributed by atoms with van der Waals surface area (Å²) in [7, 11) is 1.64. The van der Waals surface area contributed by atoms with E-state index in [0.29, 0.717) is 23.7 Å². The number of amides is 1. The van der Waals surface area contributed by atoms with E-state index in [4.69, 9.17) is 10.5 Å². The zero-order valence-electron chi connectivity index (χ0n) is 12.1. The van der Waals surface area contributed by atoms with Crippen molar-refractivity contribution in [3.63, 3.8) is 0 Å². The van der Waals surface area contributed by atoms with Crippen LogP contribution in [0.2, 0.25) is 0 Å². The number of nitrogens with two attached hydrogens (primary N) is 1. The van der Waals surface area contributed by atoms with Gasteiger partial charge in [0.1, 0.15) is 4.88 Å². The van der Waals surface area contributed by atoms with Gasteiger partial charge in [-0.25, -0.2) is 0 Å². The molecule has 0 fully saturated rings. The number of carbonyl (C=O) groups excluding carboxylic acids is 1. The van der Waals surface area contributed by atoms with E-state index < -0.39 is 0 Å². The summed E-state index contributed by atoms with van der Waals surface area (Å²) in [5, 5.41) is 0.955. The van der Waals surface area contributed by atoms with Crippen LogP contribution in [0.15, 0.2) is 24.3 Å². The number of carbonyl (C=O) groups is 1. The summed E-state index contributed by atoms with van der Waals surface area (Å²) in [4.78, 5) is 15.1. The van der Waals surface area contributed by atoms with Crippen LogP contribution in [0.5, 0.6) is 0 Å². The van der Waals surface area contributed by atoms with Gasteiger partial charge < -0.3 is 15.4 Å². The molecule has 2 N–H and O–H groups in total. The molecule has 1 amide bonds. The van der Waals surface area contributed by atoms with Gasteiger partial charge in [-0.05, 0) is 19.9 Å². The lowest BCUT2D eigenvalue weighted by molar-refractivity contribution is 0.0585. The first kappa shape index (κ1) is 14.8. The molecule has 0 aliphatic heterocycles. The monoisotopic (exact) mass is 292 g/mol. The van der Waals surface area contributed by atoms with Gasteiger partial charge in [0.25, 0.3) is 5.91 Å². The summed E-state index contributed by atoms with van der Waals surface area (Å²) in [5.74, 6) is -0.0178. The maximum absolute atomic E-state index is 12.7. The fraction of sp³-hybridized carbons (Fsp3) is 0.400. The van der Waals surface area contributed by atoms with Crippen molar-refractivity contribution in [3.8, 4) is 0 Å². The highest BCUT2D eigenvalue weighted by molar-refractivity contribution is 7.21. The van der Waals surface area contributed by atoms with Gasteiger partial charge in [-0.15, -0.1) is 11.3 Å². The minimum atomic E-state index is -0.0178. The van der Waals surface area contributed by atoms with E-state index in [9.17, 15) is 4.79 Å². The molecule has 5 heteroatoms. The van der Waals surface area contributed by atoms with Crippen molar-refractivity contribution in [2.75, 3.05) is 26.0 Å². The predicted octanol–water partition coefficient (Wildman–Crippen LogP) is 2.98. The molecule has 1 heterocycles. The van der Waals surface area contributed by atoms with Gasteiger partial charge in [-0.1, -0.05) is 18.2 Å². The molecular weight excluding hydrogens is 272 g/mol. The maximum atomic E-state index is 12.7. The SMILES string of the molecule is CCN(C(=O)c1sc2ccccc2c1N)C(C)COC. The number of nitrogen functional groups attached to an aromatic ring is 1. The van der Waals surface area contributed by atoms with Crippen molar-refractivity contribution in [2.24, 2.45) is 0 Å². The second kappa shape index (κ2) is 6.24. The van der Waals surface area contributed by atoms with Gasteiger partial charge in [-0.2, -0.15) is 0 Å². The summed E-state index contributed by atoms with van der Waals surface area (Å²) in [6.45, 7) is 5.10. The predicted molar refractivity (Wildman–Crippen MR) is 84.3 cm³/mol. The van der Waals surface area contributed by atoms with Crippen LogP contribution in [0, 0.1) is 0 Å². The van der Waals surface area contributed by atoms with E-state index in [0.717, 1.165) is 10.1 Å². The molecular formula is C15H20N2O2S. The van der Waals surface area contributed by atoms with Crippen molar-refractivity contribution < 1.29 is 9.53 Å². The van der Waals surface area contributed by atoms with Crippen molar-refractivity contribution in [1.82, 2.24) is 4.90 Å². The van der Waals surface area contributed by atoms with Crippen LogP contribution in [0.25, 0.3) is 10.1 Å². The minimum Gasteiger partial charge on any atom is -0.397 e. The Kier molecular flexibility index (Phi) is 4.62. The van der Waals surface area contributed by atoms with Crippen LogP contribution in [-0.4, -0.2) is 37.1 Å². The molecule has 2 rings (SSSR count). The first-order valence-corrected chi connectivity index (χ1v) is 7.48. The molecule has 1 aromatic carbocycles. The molecule has 0 spiro atoms. The number of thiophene rings is 1. The van der Waals surface area contributed by atoms with Crippen LogP contribution in [0.1, 0.15) is 23.5 Å². The Morgan fingerprint density at radius 2 is 2.15 bits per heavy atom. The largest absolute Gasteiger partial charge is 0.397 e. The fourth-order valence-electron chi connectivity index (χ4n) is 2.34. The Morgan fingerprint density at radius 3 is 2.75 bits per heavy atom. The highest BCUT2D eigenvalue weighted by Gasteiger charge is 2.24. The molecule has 0 radical (unpaired) electrons. The number of likely N-dealkylation sites (N-methyl/N-ethyl adjacent to an activating group) is 1. The lowest BCUT2D eigenvalue weighted by atomic mass is 10.2. The average molecular weight is 292 g/mol. The third kappa shape index (κ3) is 2.64. The Hall–Kier alpha value is -1.59. The van der Waals surface area contributed by atoms with Crippen LogP contribution in [-0.2, 0) is 4.74 Å². The lowest BCUT2D eigenvalue weighted by Crippen LogP contribution is -2.40. The summed E-state index contributed by atoms with van der Waals surface area (Å²) >= 11 is 1.45. The second-order valence-electron chi connectivity index (χ2n) is 4.74. The van der Waals surface area contributed by atoms with Gasteiger partial charge in [-0.3, -0.25) is 4.79 Å². The van der Waals surface area contributed by atoms with Crippen molar-refractivity contribution >= 4 is 33.0 Å². The number of benzene rings is 1. The zero-order valence-corrected chi connectivity index (χ0v) is 12.9. The van der Waals surface area contributed by atoms with Gasteiger partial charge in [0.15, 0.2) is 0 Å². The first-order chi connectivity index (χ1) is 9.60. The van der Waals surface area contributed by atoms with Gasteiger partial charge >= 0.3 is 0 Å². The summed E-state index contributed by atoms with van der Waals surface area (Å²) in [6.07, 6.45) is 0. The first-order valence-electron chi connectivity index (χ1n) is 6.67. The molecule has 0 saturated carbocycles. The summed E-state index contributed by atoms with van der Waals surface area (Å²) in [5.41, 5.74) is 6.72. The molecule has 1 aromatic heterocycles. The second-order valence-corrected chi connectivity index (χ2v) is 5.79. The molecule has 0 saturated heterocycles. The quantitative estimate of drug-likeness (QED) is 0.921. The van der Waals surface area contributed by atoms with E-state index in [1.807, 2.05) is 38.1 Å². The number of rotatable bonds is 5. The van der Waals surface area contributed by atoms with Crippen molar-refractivity contribution in [2.45, 2.75) is 19.9 Å². The highest BCUT2D eigenvalue weighted by Crippen LogP contribution is 2.34. The lowest BCUT2D eigenvalue weighted by Gasteiger charge is -2.27. The number of fused-ring (bicyclic) bond motifs is 1. The van der Waals surface area contributed by atoms with Crippen LogP contribution < -0.4 is 5.73 Å². The molecule has 1 atom stereocenters. The zero-order chi connectivity index (χ0) is 14.7. The summed E-state index contributed by atoms with van der Waals surface area (Å²) in [6, 6.07) is 7.86. The molecule has 2 aromatic rings. The highest BCUT2D eigenvalue weighted by atomic mass is 32.1.